The third-order valence-corrected chi connectivity index (χ3v) is 3.64. The van der Waals surface area contributed by atoms with Gasteiger partial charge in [-0.1, -0.05) is 12.1 Å². The first-order valence-electron chi connectivity index (χ1n) is 6.94. The van der Waals surface area contributed by atoms with Gasteiger partial charge in [0.05, 0.1) is 16.7 Å². The molecule has 0 atom stereocenters. The molecule has 3 rings (SSSR count). The molecule has 0 aromatic heterocycles. The van der Waals surface area contributed by atoms with Crippen molar-refractivity contribution in [2.75, 3.05) is 11.9 Å². The number of para-hydroxylation sites is 1. The van der Waals surface area contributed by atoms with Gasteiger partial charge in [0.1, 0.15) is 5.75 Å². The van der Waals surface area contributed by atoms with E-state index in [4.69, 9.17) is 4.74 Å². The molecule has 5 nitrogen and oxygen atoms in total. The smallest absolute Gasteiger partial charge is 0.273 e. The zero-order valence-corrected chi connectivity index (χ0v) is 11.8. The zero-order valence-electron chi connectivity index (χ0n) is 11.8. The summed E-state index contributed by atoms with van der Waals surface area (Å²) in [5.74, 6) is 1.24. The standard InChI is InChI=1S/C16H16N2O3/c1-11-7-8-13(18(19)20)10-15(11)21-14-6-2-4-12-5-3-9-17-16(12)14/h2,4,6-8,10,17H,3,5,9H2,1H3. The van der Waals surface area contributed by atoms with Crippen LogP contribution in [0.1, 0.15) is 17.5 Å². The van der Waals surface area contributed by atoms with E-state index in [0.29, 0.717) is 5.75 Å². The number of fused-ring (bicyclic) bond motifs is 1. The van der Waals surface area contributed by atoms with Crippen molar-refractivity contribution < 1.29 is 9.66 Å². The molecule has 1 N–H and O–H groups in total. The molecule has 0 radical (unpaired) electrons. The molecule has 1 aliphatic heterocycles. The van der Waals surface area contributed by atoms with E-state index < -0.39 is 4.92 Å². The number of rotatable bonds is 3. The molecule has 0 spiro atoms. The van der Waals surface area contributed by atoms with Gasteiger partial charge >= 0.3 is 0 Å². The molecular weight excluding hydrogens is 268 g/mol. The van der Waals surface area contributed by atoms with Crippen molar-refractivity contribution in [1.29, 1.82) is 0 Å². The minimum atomic E-state index is -0.412. The second kappa shape index (κ2) is 5.44. The van der Waals surface area contributed by atoms with Crippen LogP contribution in [0.5, 0.6) is 11.5 Å². The molecule has 2 aromatic rings. The summed E-state index contributed by atoms with van der Waals surface area (Å²) in [5.41, 5.74) is 3.12. The van der Waals surface area contributed by atoms with Gasteiger partial charge in [0, 0.05) is 12.6 Å². The Morgan fingerprint density at radius 2 is 2.10 bits per heavy atom. The molecular formula is C16H16N2O3. The Hall–Kier alpha value is -2.56. The second-order valence-corrected chi connectivity index (χ2v) is 5.13. The van der Waals surface area contributed by atoms with Gasteiger partial charge in [0.2, 0.25) is 0 Å². The number of aryl methyl sites for hydroxylation is 2. The normalized spacial score (nSPS) is 13.2. The lowest BCUT2D eigenvalue weighted by Crippen LogP contribution is -2.12. The van der Waals surface area contributed by atoms with E-state index in [2.05, 4.69) is 11.4 Å². The SMILES string of the molecule is Cc1ccc([N+](=O)[O-])cc1Oc1cccc2c1NCCC2. The van der Waals surface area contributed by atoms with Gasteiger partial charge in [-0.05, 0) is 43.0 Å². The van der Waals surface area contributed by atoms with Crippen molar-refractivity contribution in [2.45, 2.75) is 19.8 Å². The number of nitrogens with one attached hydrogen (secondary N) is 1. The highest BCUT2D eigenvalue weighted by Crippen LogP contribution is 2.37. The van der Waals surface area contributed by atoms with E-state index in [1.165, 1.54) is 17.7 Å². The Bertz CT molecular complexity index is 698. The van der Waals surface area contributed by atoms with Crippen LogP contribution in [-0.4, -0.2) is 11.5 Å². The minimum absolute atomic E-state index is 0.0355. The zero-order chi connectivity index (χ0) is 14.8. The molecule has 108 valence electrons. The Balaban J connectivity index is 1.97. The Morgan fingerprint density at radius 1 is 1.24 bits per heavy atom. The summed E-state index contributed by atoms with van der Waals surface area (Å²) < 4.78 is 5.93. The van der Waals surface area contributed by atoms with Gasteiger partial charge in [-0.3, -0.25) is 10.1 Å². The fourth-order valence-corrected chi connectivity index (χ4v) is 2.49. The highest BCUT2D eigenvalue weighted by Gasteiger charge is 2.16. The van der Waals surface area contributed by atoms with Crippen LogP contribution < -0.4 is 10.1 Å². The topological polar surface area (TPSA) is 64.4 Å². The van der Waals surface area contributed by atoms with Crippen molar-refractivity contribution in [3.05, 3.63) is 57.6 Å². The van der Waals surface area contributed by atoms with Crippen LogP contribution >= 0.6 is 0 Å². The van der Waals surface area contributed by atoms with Crippen molar-refractivity contribution in [2.24, 2.45) is 0 Å². The average molecular weight is 284 g/mol. The molecule has 0 unspecified atom stereocenters. The highest BCUT2D eigenvalue weighted by molar-refractivity contribution is 5.64. The van der Waals surface area contributed by atoms with Crippen molar-refractivity contribution in [3.63, 3.8) is 0 Å². The van der Waals surface area contributed by atoms with Crippen molar-refractivity contribution in [1.82, 2.24) is 0 Å². The van der Waals surface area contributed by atoms with E-state index in [1.54, 1.807) is 6.07 Å². The van der Waals surface area contributed by atoms with E-state index in [9.17, 15) is 10.1 Å². The molecule has 0 fully saturated rings. The number of hydrogen-bond donors (Lipinski definition) is 1. The lowest BCUT2D eigenvalue weighted by atomic mass is 10.0. The van der Waals surface area contributed by atoms with Gasteiger partial charge in [-0.15, -0.1) is 0 Å². The van der Waals surface area contributed by atoms with Gasteiger partial charge in [0.15, 0.2) is 5.75 Å². The first kappa shape index (κ1) is 13.4. The largest absolute Gasteiger partial charge is 0.455 e. The molecule has 21 heavy (non-hydrogen) atoms. The summed E-state index contributed by atoms with van der Waals surface area (Å²) in [6, 6.07) is 10.6. The Kier molecular flexibility index (Phi) is 3.48. The molecule has 2 aromatic carbocycles. The second-order valence-electron chi connectivity index (χ2n) is 5.13. The van der Waals surface area contributed by atoms with E-state index in [0.717, 1.165) is 36.4 Å². The summed E-state index contributed by atoms with van der Waals surface area (Å²) in [6.45, 7) is 2.79. The molecule has 1 aliphatic rings. The maximum absolute atomic E-state index is 10.9. The number of nitro benzene ring substituents is 1. The van der Waals surface area contributed by atoms with Crippen LogP contribution in [0.3, 0.4) is 0 Å². The number of nitro groups is 1. The lowest BCUT2D eigenvalue weighted by Gasteiger charge is -2.21. The fourth-order valence-electron chi connectivity index (χ4n) is 2.49. The summed E-state index contributed by atoms with van der Waals surface area (Å²) in [4.78, 5) is 10.5. The van der Waals surface area contributed by atoms with E-state index in [-0.39, 0.29) is 5.69 Å². The molecule has 0 saturated heterocycles. The maximum Gasteiger partial charge on any atom is 0.273 e. The fraction of sp³-hybridized carbons (Fsp3) is 0.250. The number of hydrogen-bond acceptors (Lipinski definition) is 4. The van der Waals surface area contributed by atoms with E-state index >= 15 is 0 Å². The number of ether oxygens (including phenoxy) is 1. The van der Waals surface area contributed by atoms with Gasteiger partial charge < -0.3 is 10.1 Å². The summed E-state index contributed by atoms with van der Waals surface area (Å²) in [5, 5.41) is 14.2. The predicted octanol–water partition coefficient (Wildman–Crippen LogP) is 4.05. The van der Waals surface area contributed by atoms with Crippen molar-refractivity contribution in [3.8, 4) is 11.5 Å². The number of anilines is 1. The third-order valence-electron chi connectivity index (χ3n) is 3.64. The highest BCUT2D eigenvalue weighted by atomic mass is 16.6. The number of nitrogens with zero attached hydrogens (tertiary/aromatic N) is 1. The summed E-state index contributed by atoms with van der Waals surface area (Å²) in [6.07, 6.45) is 2.12. The minimum Gasteiger partial charge on any atom is -0.455 e. The lowest BCUT2D eigenvalue weighted by molar-refractivity contribution is -0.384. The van der Waals surface area contributed by atoms with Crippen LogP contribution in [0.4, 0.5) is 11.4 Å². The monoisotopic (exact) mass is 284 g/mol. The summed E-state index contributed by atoms with van der Waals surface area (Å²) in [7, 11) is 0. The molecule has 0 saturated carbocycles. The quantitative estimate of drug-likeness (QED) is 0.682. The van der Waals surface area contributed by atoms with Crippen LogP contribution in [0.15, 0.2) is 36.4 Å². The molecule has 0 amide bonds. The number of benzene rings is 2. The van der Waals surface area contributed by atoms with Gasteiger partial charge in [-0.2, -0.15) is 0 Å². The first-order chi connectivity index (χ1) is 10.1. The Morgan fingerprint density at radius 3 is 2.90 bits per heavy atom. The Labute approximate surface area is 122 Å². The molecule has 0 bridgehead atoms. The van der Waals surface area contributed by atoms with Crippen LogP contribution in [0, 0.1) is 17.0 Å². The van der Waals surface area contributed by atoms with Crippen LogP contribution in [0.2, 0.25) is 0 Å². The maximum atomic E-state index is 10.9. The van der Waals surface area contributed by atoms with E-state index in [1.807, 2.05) is 19.1 Å². The third kappa shape index (κ3) is 2.67. The molecule has 1 heterocycles. The summed E-state index contributed by atoms with van der Waals surface area (Å²) >= 11 is 0. The van der Waals surface area contributed by atoms with Gasteiger partial charge in [-0.25, -0.2) is 0 Å². The first-order valence-corrected chi connectivity index (χ1v) is 6.94. The predicted molar refractivity (Wildman–Crippen MR) is 81.2 cm³/mol. The molecule has 5 heteroatoms. The molecule has 0 aliphatic carbocycles. The van der Waals surface area contributed by atoms with Crippen molar-refractivity contribution >= 4 is 11.4 Å². The van der Waals surface area contributed by atoms with Crippen LogP contribution in [0.25, 0.3) is 0 Å². The number of non-ortho nitro benzene ring substituents is 1. The van der Waals surface area contributed by atoms with Crippen LogP contribution in [-0.2, 0) is 6.42 Å². The average Bonchev–Trinajstić information content (AvgIpc) is 2.49. The van der Waals surface area contributed by atoms with Gasteiger partial charge in [0.25, 0.3) is 5.69 Å².